The highest BCUT2D eigenvalue weighted by atomic mass is 127. The Morgan fingerprint density at radius 1 is 1.12 bits per heavy atom. The zero-order chi connectivity index (χ0) is 21.6. The third-order valence-corrected chi connectivity index (χ3v) is 5.35. The number of rotatable bonds is 6. The van der Waals surface area contributed by atoms with Crippen molar-refractivity contribution in [1.82, 2.24) is 30.1 Å². The Labute approximate surface area is 204 Å². The van der Waals surface area contributed by atoms with E-state index in [9.17, 15) is 4.39 Å². The summed E-state index contributed by atoms with van der Waals surface area (Å²) < 4.78 is 20.0. The normalized spacial score (nSPS) is 15.0. The number of aliphatic imine (C=N–C) groups is 1. The van der Waals surface area contributed by atoms with Crippen LogP contribution < -0.4 is 5.32 Å². The number of hydrogen-bond donors (Lipinski definition) is 1. The molecular formula is C22H29FIN7O. The van der Waals surface area contributed by atoms with Gasteiger partial charge in [0.2, 0.25) is 0 Å². The van der Waals surface area contributed by atoms with Gasteiger partial charge in [0, 0.05) is 65.0 Å². The summed E-state index contributed by atoms with van der Waals surface area (Å²) in [5, 5.41) is 12.1. The molecule has 1 aliphatic rings. The maximum atomic E-state index is 13.1. The number of nitrogens with zero attached hydrogens (tertiary/aromatic N) is 6. The van der Waals surface area contributed by atoms with Gasteiger partial charge in [-0.15, -0.1) is 24.0 Å². The Morgan fingerprint density at radius 3 is 2.53 bits per heavy atom. The molecule has 0 aliphatic carbocycles. The van der Waals surface area contributed by atoms with Gasteiger partial charge in [0.25, 0.3) is 0 Å². The predicted octanol–water partition coefficient (Wildman–Crippen LogP) is 2.86. The second kappa shape index (κ2) is 11.4. The first-order valence-corrected chi connectivity index (χ1v) is 10.5. The maximum Gasteiger partial charge on any atom is 0.193 e. The lowest BCUT2D eigenvalue weighted by Gasteiger charge is -2.36. The fraction of sp³-hybridized carbons (Fsp3) is 0.409. The van der Waals surface area contributed by atoms with E-state index in [-0.39, 0.29) is 29.8 Å². The molecule has 1 aliphatic heterocycles. The summed E-state index contributed by atoms with van der Waals surface area (Å²) in [6.07, 6.45) is 2.67. The average molecular weight is 553 g/mol. The van der Waals surface area contributed by atoms with Crippen molar-refractivity contribution in [2.45, 2.75) is 19.9 Å². The van der Waals surface area contributed by atoms with E-state index in [0.717, 1.165) is 74.5 Å². The van der Waals surface area contributed by atoms with Gasteiger partial charge in [-0.1, -0.05) is 5.16 Å². The Kier molecular flexibility index (Phi) is 8.62. The van der Waals surface area contributed by atoms with E-state index in [2.05, 4.69) is 30.4 Å². The highest BCUT2D eigenvalue weighted by molar-refractivity contribution is 14.0. The van der Waals surface area contributed by atoms with Crippen LogP contribution in [-0.2, 0) is 13.0 Å². The van der Waals surface area contributed by atoms with Crippen LogP contribution in [0.5, 0.6) is 0 Å². The molecule has 0 amide bonds. The zero-order valence-electron chi connectivity index (χ0n) is 18.4. The van der Waals surface area contributed by atoms with E-state index in [1.54, 1.807) is 16.8 Å². The Balaban J connectivity index is 0.00000289. The van der Waals surface area contributed by atoms with E-state index in [1.807, 2.05) is 32.3 Å². The zero-order valence-corrected chi connectivity index (χ0v) is 20.7. The molecule has 0 bridgehead atoms. The standard InChI is InChI=1S/C22H28FN7O.HI/c1-17-15-20(27-31-17)16-28-11-13-29(14-12-28)22(24-2)25-9-7-19-8-10-30(26-19)21-5-3-18(23)4-6-21;/h3-6,8,10,15H,7,9,11-14,16H2,1-2H3,(H,24,25);1H. The Morgan fingerprint density at radius 2 is 1.88 bits per heavy atom. The summed E-state index contributed by atoms with van der Waals surface area (Å²) >= 11 is 0. The van der Waals surface area contributed by atoms with Crippen molar-refractivity contribution in [2.24, 2.45) is 4.99 Å². The van der Waals surface area contributed by atoms with Crippen LogP contribution in [0.3, 0.4) is 0 Å². The molecule has 10 heteroatoms. The molecular weight excluding hydrogens is 524 g/mol. The molecule has 4 rings (SSSR count). The lowest BCUT2D eigenvalue weighted by atomic mass is 10.3. The monoisotopic (exact) mass is 553 g/mol. The smallest absolute Gasteiger partial charge is 0.193 e. The van der Waals surface area contributed by atoms with E-state index in [4.69, 9.17) is 4.52 Å². The molecule has 1 aromatic carbocycles. The van der Waals surface area contributed by atoms with Crippen LogP contribution in [0.25, 0.3) is 5.69 Å². The van der Waals surface area contributed by atoms with Gasteiger partial charge >= 0.3 is 0 Å². The van der Waals surface area contributed by atoms with Gasteiger partial charge < -0.3 is 14.7 Å². The minimum absolute atomic E-state index is 0. The maximum absolute atomic E-state index is 13.1. The summed E-state index contributed by atoms with van der Waals surface area (Å²) in [6.45, 7) is 7.20. The number of hydrogen-bond acceptors (Lipinski definition) is 5. The number of aryl methyl sites for hydroxylation is 1. The van der Waals surface area contributed by atoms with E-state index in [0.29, 0.717) is 0 Å². The molecule has 0 unspecified atom stereocenters. The number of guanidine groups is 1. The van der Waals surface area contributed by atoms with Crippen molar-refractivity contribution in [3.63, 3.8) is 0 Å². The molecule has 8 nitrogen and oxygen atoms in total. The summed E-state index contributed by atoms with van der Waals surface area (Å²) in [4.78, 5) is 9.10. The molecule has 0 radical (unpaired) electrons. The molecule has 1 fully saturated rings. The van der Waals surface area contributed by atoms with Crippen LogP contribution in [0, 0.1) is 12.7 Å². The highest BCUT2D eigenvalue weighted by Gasteiger charge is 2.20. The van der Waals surface area contributed by atoms with E-state index >= 15 is 0 Å². The summed E-state index contributed by atoms with van der Waals surface area (Å²) in [5.41, 5.74) is 2.80. The van der Waals surface area contributed by atoms with Gasteiger partial charge in [-0.25, -0.2) is 9.07 Å². The second-order valence-corrected chi connectivity index (χ2v) is 7.64. The molecule has 0 spiro atoms. The number of benzene rings is 1. The quantitative estimate of drug-likeness (QED) is 0.288. The Hall–Kier alpha value is -2.47. The number of nitrogens with one attached hydrogen (secondary N) is 1. The minimum Gasteiger partial charge on any atom is -0.361 e. The van der Waals surface area contributed by atoms with Crippen LogP contribution in [0.15, 0.2) is 52.1 Å². The molecule has 1 saturated heterocycles. The van der Waals surface area contributed by atoms with Gasteiger partial charge in [0.05, 0.1) is 17.1 Å². The first-order chi connectivity index (χ1) is 15.1. The lowest BCUT2D eigenvalue weighted by Crippen LogP contribution is -2.52. The first kappa shape index (κ1) is 24.2. The van der Waals surface area contributed by atoms with Gasteiger partial charge in [-0.2, -0.15) is 5.10 Å². The summed E-state index contributed by atoms with van der Waals surface area (Å²) in [5.74, 6) is 1.51. The fourth-order valence-corrected chi connectivity index (χ4v) is 3.71. The SMILES string of the molecule is CN=C(NCCc1ccn(-c2ccc(F)cc2)n1)N1CCN(Cc2cc(C)on2)CC1.I. The average Bonchev–Trinajstić information content (AvgIpc) is 3.41. The van der Waals surface area contributed by atoms with Crippen molar-refractivity contribution < 1.29 is 8.91 Å². The van der Waals surface area contributed by atoms with Crippen LogP contribution in [-0.4, -0.2) is 70.5 Å². The summed E-state index contributed by atoms with van der Waals surface area (Å²) in [6, 6.07) is 10.3. The van der Waals surface area contributed by atoms with E-state index in [1.165, 1.54) is 12.1 Å². The van der Waals surface area contributed by atoms with Crippen molar-refractivity contribution in [1.29, 1.82) is 0 Å². The molecule has 0 saturated carbocycles. The molecule has 3 heterocycles. The molecule has 2 aromatic heterocycles. The number of aromatic nitrogens is 3. The number of halogens is 2. The Bertz CT molecular complexity index is 1010. The molecule has 0 atom stereocenters. The van der Waals surface area contributed by atoms with Crippen LogP contribution in [0.1, 0.15) is 17.1 Å². The molecule has 1 N–H and O–H groups in total. The highest BCUT2D eigenvalue weighted by Crippen LogP contribution is 2.10. The van der Waals surface area contributed by atoms with Crippen molar-refractivity contribution in [3.8, 4) is 5.69 Å². The summed E-state index contributed by atoms with van der Waals surface area (Å²) in [7, 11) is 1.82. The molecule has 32 heavy (non-hydrogen) atoms. The van der Waals surface area contributed by atoms with Gasteiger partial charge in [-0.05, 0) is 37.3 Å². The van der Waals surface area contributed by atoms with E-state index < -0.39 is 0 Å². The largest absolute Gasteiger partial charge is 0.361 e. The molecule has 3 aromatic rings. The van der Waals surface area contributed by atoms with Crippen molar-refractivity contribution >= 4 is 29.9 Å². The lowest BCUT2D eigenvalue weighted by molar-refractivity contribution is 0.169. The van der Waals surface area contributed by atoms with Crippen LogP contribution >= 0.6 is 24.0 Å². The predicted molar refractivity (Wildman–Crippen MR) is 132 cm³/mol. The van der Waals surface area contributed by atoms with Crippen molar-refractivity contribution in [3.05, 3.63) is 65.6 Å². The van der Waals surface area contributed by atoms with Crippen molar-refractivity contribution in [2.75, 3.05) is 39.8 Å². The fourth-order valence-electron chi connectivity index (χ4n) is 3.71. The number of piperazine rings is 1. The van der Waals surface area contributed by atoms with Gasteiger partial charge in [-0.3, -0.25) is 9.89 Å². The third kappa shape index (κ3) is 6.28. The van der Waals surface area contributed by atoms with Crippen LogP contribution in [0.4, 0.5) is 4.39 Å². The van der Waals surface area contributed by atoms with Gasteiger partial charge in [0.1, 0.15) is 11.6 Å². The van der Waals surface area contributed by atoms with Gasteiger partial charge in [0.15, 0.2) is 5.96 Å². The first-order valence-electron chi connectivity index (χ1n) is 10.5. The second-order valence-electron chi connectivity index (χ2n) is 7.64. The molecule has 172 valence electrons. The third-order valence-electron chi connectivity index (χ3n) is 5.35. The minimum atomic E-state index is -0.249. The topological polar surface area (TPSA) is 74.7 Å². The van der Waals surface area contributed by atoms with Crippen LogP contribution in [0.2, 0.25) is 0 Å².